The summed E-state index contributed by atoms with van der Waals surface area (Å²) in [7, 11) is 4.57. The number of imidazole rings is 1. The number of carbonyl (C=O) groups excluding carboxylic acids is 1. The topological polar surface area (TPSA) is 83.3 Å². The van der Waals surface area contributed by atoms with Crippen LogP contribution >= 0.6 is 0 Å². The molecule has 0 unspecified atom stereocenters. The first kappa shape index (κ1) is 22.0. The number of hydrogen-bond acceptors (Lipinski definition) is 6. The van der Waals surface area contributed by atoms with Crippen LogP contribution in [0, 0.1) is 6.92 Å². The number of benzene rings is 2. The van der Waals surface area contributed by atoms with E-state index in [1.807, 2.05) is 35.9 Å². The molecule has 0 aliphatic rings. The van der Waals surface area contributed by atoms with E-state index in [1.165, 1.54) is 21.3 Å². The molecule has 8 nitrogen and oxygen atoms in total. The number of nitrogens with zero attached hydrogens (tertiary/aromatic N) is 2. The summed E-state index contributed by atoms with van der Waals surface area (Å²) >= 11 is 0. The minimum atomic E-state index is -0.294. The van der Waals surface area contributed by atoms with Crippen LogP contribution in [0.3, 0.4) is 0 Å². The van der Waals surface area contributed by atoms with Crippen LogP contribution in [-0.4, -0.2) is 36.6 Å². The summed E-state index contributed by atoms with van der Waals surface area (Å²) in [5.74, 6) is 1.63. The van der Waals surface area contributed by atoms with Crippen LogP contribution in [0.15, 0.2) is 60.9 Å². The van der Waals surface area contributed by atoms with Crippen LogP contribution < -0.4 is 24.3 Å². The third-order valence-electron chi connectivity index (χ3n) is 5.05. The predicted octanol–water partition coefficient (Wildman–Crippen LogP) is 4.50. The van der Waals surface area contributed by atoms with E-state index in [0.717, 1.165) is 16.9 Å². The number of rotatable bonds is 8. The highest BCUT2D eigenvalue weighted by atomic mass is 16.5. The number of fused-ring (bicyclic) bond motifs is 1. The Morgan fingerprint density at radius 2 is 1.73 bits per heavy atom. The van der Waals surface area contributed by atoms with Gasteiger partial charge in [-0.15, -0.1) is 0 Å². The first-order valence-electron chi connectivity index (χ1n) is 10.3. The van der Waals surface area contributed by atoms with Crippen LogP contribution in [0.1, 0.15) is 21.6 Å². The normalized spacial score (nSPS) is 10.7. The Balaban J connectivity index is 1.47. The highest BCUT2D eigenvalue weighted by Crippen LogP contribution is 2.40. The molecule has 2 aromatic carbocycles. The molecule has 8 heteroatoms. The smallest absolute Gasteiger partial charge is 0.255 e. The van der Waals surface area contributed by atoms with E-state index in [4.69, 9.17) is 18.9 Å². The van der Waals surface area contributed by atoms with Crippen molar-refractivity contribution >= 4 is 17.2 Å². The van der Waals surface area contributed by atoms with Crippen LogP contribution in [-0.2, 0) is 6.61 Å². The van der Waals surface area contributed by atoms with Crippen molar-refractivity contribution in [1.29, 1.82) is 0 Å². The second-order valence-electron chi connectivity index (χ2n) is 7.39. The molecule has 0 saturated heterocycles. The molecule has 0 radical (unpaired) electrons. The quantitative estimate of drug-likeness (QED) is 0.428. The predicted molar refractivity (Wildman–Crippen MR) is 125 cm³/mol. The molecule has 0 bridgehead atoms. The Morgan fingerprint density at radius 1 is 0.970 bits per heavy atom. The molecular weight excluding hydrogens is 422 g/mol. The summed E-state index contributed by atoms with van der Waals surface area (Å²) in [6, 6.07) is 14.3. The fraction of sp³-hybridized carbons (Fsp3) is 0.200. The summed E-state index contributed by atoms with van der Waals surface area (Å²) in [5.41, 5.74) is 3.77. The molecule has 0 atom stereocenters. The second kappa shape index (κ2) is 9.52. The van der Waals surface area contributed by atoms with Gasteiger partial charge in [0.25, 0.3) is 5.91 Å². The number of ether oxygens (including phenoxy) is 4. The summed E-state index contributed by atoms with van der Waals surface area (Å²) in [5, 5.41) is 2.86. The molecule has 0 aliphatic carbocycles. The van der Waals surface area contributed by atoms with E-state index in [1.54, 1.807) is 36.4 Å². The first-order chi connectivity index (χ1) is 16.0. The summed E-state index contributed by atoms with van der Waals surface area (Å²) < 4.78 is 23.9. The van der Waals surface area contributed by atoms with Crippen molar-refractivity contribution in [2.24, 2.45) is 0 Å². The number of nitrogens with one attached hydrogen (secondary N) is 1. The maximum atomic E-state index is 12.8. The molecule has 33 heavy (non-hydrogen) atoms. The molecule has 2 heterocycles. The highest BCUT2D eigenvalue weighted by Gasteiger charge is 2.15. The van der Waals surface area contributed by atoms with Gasteiger partial charge in [0.05, 0.1) is 27.0 Å². The summed E-state index contributed by atoms with van der Waals surface area (Å²) in [6.07, 6.45) is 3.95. The van der Waals surface area contributed by atoms with E-state index < -0.39 is 0 Å². The Labute approximate surface area is 191 Å². The zero-order valence-electron chi connectivity index (χ0n) is 18.9. The van der Waals surface area contributed by atoms with Crippen LogP contribution in [0.5, 0.6) is 23.0 Å². The first-order valence-corrected chi connectivity index (χ1v) is 10.3. The van der Waals surface area contributed by atoms with Gasteiger partial charge in [-0.05, 0) is 36.8 Å². The lowest BCUT2D eigenvalue weighted by Gasteiger charge is -2.14. The molecule has 0 aliphatic heterocycles. The van der Waals surface area contributed by atoms with E-state index in [0.29, 0.717) is 40.9 Å². The molecule has 0 fully saturated rings. The number of aromatic nitrogens is 2. The number of aryl methyl sites for hydroxylation is 1. The molecular formula is C25H25N3O5. The number of carbonyl (C=O) groups is 1. The fourth-order valence-electron chi connectivity index (χ4n) is 3.47. The van der Waals surface area contributed by atoms with E-state index in [9.17, 15) is 4.79 Å². The third kappa shape index (κ3) is 4.85. The molecule has 0 saturated carbocycles. The summed E-state index contributed by atoms with van der Waals surface area (Å²) in [4.78, 5) is 17.4. The van der Waals surface area contributed by atoms with Crippen molar-refractivity contribution in [3.8, 4) is 23.0 Å². The van der Waals surface area contributed by atoms with Crippen LogP contribution in [0.25, 0.3) is 5.65 Å². The van der Waals surface area contributed by atoms with Gasteiger partial charge >= 0.3 is 0 Å². The Morgan fingerprint density at radius 3 is 2.42 bits per heavy atom. The van der Waals surface area contributed by atoms with E-state index >= 15 is 0 Å². The molecule has 2 aromatic heterocycles. The van der Waals surface area contributed by atoms with Gasteiger partial charge in [0.15, 0.2) is 11.5 Å². The Kier molecular flexibility index (Phi) is 6.35. The summed E-state index contributed by atoms with van der Waals surface area (Å²) in [6.45, 7) is 2.32. The van der Waals surface area contributed by atoms with E-state index in [-0.39, 0.29) is 5.91 Å². The Hall–Kier alpha value is -4.20. The maximum absolute atomic E-state index is 12.8. The van der Waals surface area contributed by atoms with Crippen molar-refractivity contribution < 1.29 is 23.7 Å². The van der Waals surface area contributed by atoms with Crippen LogP contribution in [0.2, 0.25) is 0 Å². The highest BCUT2D eigenvalue weighted by molar-refractivity contribution is 6.04. The van der Waals surface area contributed by atoms with E-state index in [2.05, 4.69) is 10.3 Å². The van der Waals surface area contributed by atoms with Gasteiger partial charge in [0.1, 0.15) is 18.0 Å². The lowest BCUT2D eigenvalue weighted by atomic mass is 10.2. The molecule has 4 rings (SSSR count). The van der Waals surface area contributed by atoms with Gasteiger partial charge < -0.3 is 28.7 Å². The minimum Gasteiger partial charge on any atom is -0.493 e. The van der Waals surface area contributed by atoms with Gasteiger partial charge in [0, 0.05) is 35.8 Å². The zero-order valence-corrected chi connectivity index (χ0v) is 18.9. The van der Waals surface area contributed by atoms with Gasteiger partial charge in [-0.25, -0.2) is 4.98 Å². The minimum absolute atomic E-state index is 0.290. The second-order valence-corrected chi connectivity index (χ2v) is 7.39. The lowest BCUT2D eigenvalue weighted by Crippen LogP contribution is -2.12. The van der Waals surface area contributed by atoms with Gasteiger partial charge in [-0.2, -0.15) is 0 Å². The molecule has 1 N–H and O–H groups in total. The number of pyridine rings is 1. The number of amides is 1. The SMILES string of the molecule is COc1cc(NC(=O)c2cccc(OCc3cn4cc(C)ccc4n3)c2)cc(OC)c1OC. The van der Waals surface area contributed by atoms with Crippen LogP contribution in [0.4, 0.5) is 5.69 Å². The number of anilines is 1. The molecule has 170 valence electrons. The van der Waals surface area contributed by atoms with Crippen molar-refractivity contribution in [3.05, 3.63) is 77.7 Å². The zero-order chi connectivity index (χ0) is 23.4. The molecule has 4 aromatic rings. The van der Waals surface area contributed by atoms with Crippen molar-refractivity contribution in [2.75, 3.05) is 26.6 Å². The largest absolute Gasteiger partial charge is 0.493 e. The average molecular weight is 447 g/mol. The lowest BCUT2D eigenvalue weighted by molar-refractivity contribution is 0.102. The molecule has 0 spiro atoms. The average Bonchev–Trinajstić information content (AvgIpc) is 3.24. The van der Waals surface area contributed by atoms with Gasteiger partial charge in [-0.3, -0.25) is 4.79 Å². The van der Waals surface area contributed by atoms with Gasteiger partial charge in [0.2, 0.25) is 5.75 Å². The van der Waals surface area contributed by atoms with Gasteiger partial charge in [-0.1, -0.05) is 12.1 Å². The van der Waals surface area contributed by atoms with Crippen molar-refractivity contribution in [2.45, 2.75) is 13.5 Å². The standard InChI is InChI=1S/C25H25N3O5/c1-16-8-9-23-26-19(14-28(23)13-16)15-33-20-7-5-6-17(10-20)25(29)27-18-11-21(30-2)24(32-4)22(12-18)31-3/h5-14H,15H2,1-4H3,(H,27,29). The third-order valence-corrected chi connectivity index (χ3v) is 5.05. The Bertz CT molecular complexity index is 1270. The van der Waals surface area contributed by atoms with Crippen molar-refractivity contribution in [3.63, 3.8) is 0 Å². The fourth-order valence-corrected chi connectivity index (χ4v) is 3.47. The number of methoxy groups -OCH3 is 3. The maximum Gasteiger partial charge on any atom is 0.255 e. The molecule has 1 amide bonds. The number of hydrogen-bond donors (Lipinski definition) is 1. The monoisotopic (exact) mass is 447 g/mol. The van der Waals surface area contributed by atoms with Crippen molar-refractivity contribution in [1.82, 2.24) is 9.38 Å².